The van der Waals surface area contributed by atoms with Crippen LogP contribution in [-0.4, -0.2) is 12.5 Å². The number of anilines is 1. The molecule has 0 spiro atoms. The molecule has 2 aromatic rings. The van der Waals surface area contributed by atoms with Crippen molar-refractivity contribution in [3.8, 4) is 5.75 Å². The molecule has 4 nitrogen and oxygen atoms in total. The fourth-order valence-corrected chi connectivity index (χ4v) is 2.23. The Bertz CT molecular complexity index is 667. The lowest BCUT2D eigenvalue weighted by Crippen LogP contribution is -2.30. The van der Waals surface area contributed by atoms with Gasteiger partial charge in [0.05, 0.1) is 12.5 Å². The Labute approximate surface area is 147 Å². The van der Waals surface area contributed by atoms with Gasteiger partial charge in [-0.25, -0.2) is 4.39 Å². The molecule has 2 aromatic carbocycles. The van der Waals surface area contributed by atoms with Gasteiger partial charge in [-0.2, -0.15) is 0 Å². The third-order valence-corrected chi connectivity index (χ3v) is 3.64. The van der Waals surface area contributed by atoms with E-state index in [2.05, 4.69) is 5.32 Å². The Morgan fingerprint density at radius 3 is 2.50 bits per heavy atom. The molecule has 2 unspecified atom stereocenters. The fraction of sp³-hybridized carbons (Fsp3) is 0.278. The second-order valence-electron chi connectivity index (χ2n) is 5.29. The molecule has 1 amide bonds. The number of ether oxygens (including phenoxy) is 1. The van der Waals surface area contributed by atoms with Crippen molar-refractivity contribution in [3.63, 3.8) is 0 Å². The molecule has 130 valence electrons. The van der Waals surface area contributed by atoms with E-state index in [-0.39, 0.29) is 24.1 Å². The lowest BCUT2D eigenvalue weighted by atomic mass is 9.94. The van der Waals surface area contributed by atoms with Crippen molar-refractivity contribution >= 4 is 24.0 Å². The summed E-state index contributed by atoms with van der Waals surface area (Å²) in [7, 11) is 0. The van der Waals surface area contributed by atoms with Crippen molar-refractivity contribution in [2.75, 3.05) is 11.9 Å². The lowest BCUT2D eigenvalue weighted by molar-refractivity contribution is -0.120. The standard InChI is InChI=1S/C18H21FN2O2.ClH/c1-3-23-16-10-9-14(11-15(16)19)21-18(22)12(2)17(20)13-7-5-4-6-8-13;/h4-12,17H,3,20H2,1-2H3,(H,21,22);1H. The van der Waals surface area contributed by atoms with Crippen LogP contribution in [0.25, 0.3) is 0 Å². The summed E-state index contributed by atoms with van der Waals surface area (Å²) in [4.78, 5) is 12.3. The SMILES string of the molecule is CCOc1ccc(NC(=O)C(C)C(N)c2ccccc2)cc1F.Cl. The van der Waals surface area contributed by atoms with Gasteiger partial charge in [-0.3, -0.25) is 4.79 Å². The van der Waals surface area contributed by atoms with E-state index in [1.807, 2.05) is 30.3 Å². The summed E-state index contributed by atoms with van der Waals surface area (Å²) >= 11 is 0. The summed E-state index contributed by atoms with van der Waals surface area (Å²) in [5.74, 6) is -1.05. The average Bonchev–Trinajstić information content (AvgIpc) is 2.57. The Morgan fingerprint density at radius 1 is 1.25 bits per heavy atom. The predicted octanol–water partition coefficient (Wildman–Crippen LogP) is 3.92. The first kappa shape index (κ1) is 19.9. The number of carbonyl (C=O) groups is 1. The van der Waals surface area contributed by atoms with Gasteiger partial charge in [0.15, 0.2) is 11.6 Å². The van der Waals surface area contributed by atoms with Crippen LogP contribution in [0.4, 0.5) is 10.1 Å². The molecular weight excluding hydrogens is 331 g/mol. The van der Waals surface area contributed by atoms with Crippen LogP contribution in [0, 0.1) is 11.7 Å². The molecule has 6 heteroatoms. The summed E-state index contributed by atoms with van der Waals surface area (Å²) in [5.41, 5.74) is 7.39. The van der Waals surface area contributed by atoms with Crippen molar-refractivity contribution in [2.24, 2.45) is 11.7 Å². The molecule has 0 saturated heterocycles. The number of carbonyl (C=O) groups excluding carboxylic acids is 1. The molecule has 0 aliphatic rings. The Morgan fingerprint density at radius 2 is 1.92 bits per heavy atom. The molecule has 0 bridgehead atoms. The van der Waals surface area contributed by atoms with Crippen LogP contribution in [-0.2, 0) is 4.79 Å². The molecule has 0 saturated carbocycles. The molecule has 0 aromatic heterocycles. The molecule has 0 aliphatic heterocycles. The molecule has 0 aliphatic carbocycles. The zero-order valence-electron chi connectivity index (χ0n) is 13.7. The van der Waals surface area contributed by atoms with Crippen LogP contribution < -0.4 is 15.8 Å². The third kappa shape index (κ3) is 4.94. The van der Waals surface area contributed by atoms with Gasteiger partial charge in [0.1, 0.15) is 0 Å². The first-order valence-electron chi connectivity index (χ1n) is 7.56. The highest BCUT2D eigenvalue weighted by molar-refractivity contribution is 5.93. The first-order valence-corrected chi connectivity index (χ1v) is 7.56. The molecule has 0 fully saturated rings. The van der Waals surface area contributed by atoms with Gasteiger partial charge in [-0.05, 0) is 24.6 Å². The second kappa shape index (κ2) is 9.25. The number of hydrogen-bond acceptors (Lipinski definition) is 3. The number of nitrogens with one attached hydrogen (secondary N) is 1. The minimum Gasteiger partial charge on any atom is -0.491 e. The van der Waals surface area contributed by atoms with Gasteiger partial charge in [0.25, 0.3) is 0 Å². The van der Waals surface area contributed by atoms with Crippen LogP contribution in [0.2, 0.25) is 0 Å². The number of nitrogens with two attached hydrogens (primary N) is 1. The number of benzene rings is 2. The highest BCUT2D eigenvalue weighted by atomic mass is 35.5. The number of halogens is 2. The largest absolute Gasteiger partial charge is 0.491 e. The van der Waals surface area contributed by atoms with E-state index in [9.17, 15) is 9.18 Å². The zero-order valence-corrected chi connectivity index (χ0v) is 14.5. The fourth-order valence-electron chi connectivity index (χ4n) is 2.23. The number of hydrogen-bond donors (Lipinski definition) is 2. The highest BCUT2D eigenvalue weighted by Crippen LogP contribution is 2.24. The number of rotatable bonds is 6. The summed E-state index contributed by atoms with van der Waals surface area (Å²) in [5, 5.41) is 2.69. The lowest BCUT2D eigenvalue weighted by Gasteiger charge is -2.20. The average molecular weight is 353 g/mol. The molecule has 24 heavy (non-hydrogen) atoms. The molecule has 0 radical (unpaired) electrons. The third-order valence-electron chi connectivity index (χ3n) is 3.64. The van der Waals surface area contributed by atoms with E-state index in [0.717, 1.165) is 5.56 Å². The first-order chi connectivity index (χ1) is 11.0. The summed E-state index contributed by atoms with van der Waals surface area (Å²) < 4.78 is 18.9. The topological polar surface area (TPSA) is 64.3 Å². The summed E-state index contributed by atoms with van der Waals surface area (Å²) in [6.45, 7) is 3.91. The Balaban J connectivity index is 0.00000288. The highest BCUT2D eigenvalue weighted by Gasteiger charge is 2.22. The van der Waals surface area contributed by atoms with Gasteiger partial charge >= 0.3 is 0 Å². The van der Waals surface area contributed by atoms with Gasteiger partial charge in [0, 0.05) is 17.8 Å². The van der Waals surface area contributed by atoms with Gasteiger partial charge in [-0.15, -0.1) is 12.4 Å². The van der Waals surface area contributed by atoms with Crippen LogP contribution in [0.5, 0.6) is 5.75 Å². The minimum absolute atomic E-state index is 0. The maximum atomic E-state index is 13.8. The van der Waals surface area contributed by atoms with Gasteiger partial charge in [-0.1, -0.05) is 37.3 Å². The van der Waals surface area contributed by atoms with Gasteiger partial charge < -0.3 is 15.8 Å². The zero-order chi connectivity index (χ0) is 16.8. The van der Waals surface area contributed by atoms with E-state index >= 15 is 0 Å². The quantitative estimate of drug-likeness (QED) is 0.828. The van der Waals surface area contributed by atoms with Crippen molar-refractivity contribution in [2.45, 2.75) is 19.9 Å². The normalized spacial score (nSPS) is 12.7. The molecular formula is C18H22ClFN2O2. The predicted molar refractivity (Wildman–Crippen MR) is 96.0 cm³/mol. The van der Waals surface area contributed by atoms with Gasteiger partial charge in [0.2, 0.25) is 5.91 Å². The molecule has 0 heterocycles. The second-order valence-corrected chi connectivity index (χ2v) is 5.29. The Kier molecular flexibility index (Phi) is 7.68. The van der Waals surface area contributed by atoms with Crippen molar-refractivity contribution < 1.29 is 13.9 Å². The van der Waals surface area contributed by atoms with E-state index in [0.29, 0.717) is 12.3 Å². The van der Waals surface area contributed by atoms with Crippen molar-refractivity contribution in [1.29, 1.82) is 0 Å². The summed E-state index contributed by atoms with van der Waals surface area (Å²) in [6.07, 6.45) is 0. The monoisotopic (exact) mass is 352 g/mol. The maximum absolute atomic E-state index is 13.8. The smallest absolute Gasteiger partial charge is 0.229 e. The molecule has 3 N–H and O–H groups in total. The van der Waals surface area contributed by atoms with Crippen LogP contribution in [0.1, 0.15) is 25.5 Å². The van der Waals surface area contributed by atoms with Crippen LogP contribution in [0.3, 0.4) is 0 Å². The van der Waals surface area contributed by atoms with Crippen LogP contribution >= 0.6 is 12.4 Å². The maximum Gasteiger partial charge on any atom is 0.229 e. The van der Waals surface area contributed by atoms with E-state index < -0.39 is 17.8 Å². The van der Waals surface area contributed by atoms with E-state index in [1.54, 1.807) is 19.9 Å². The van der Waals surface area contributed by atoms with Crippen molar-refractivity contribution in [1.82, 2.24) is 0 Å². The number of amides is 1. The van der Waals surface area contributed by atoms with Crippen LogP contribution in [0.15, 0.2) is 48.5 Å². The molecule has 2 rings (SSSR count). The summed E-state index contributed by atoms with van der Waals surface area (Å²) in [6, 6.07) is 13.3. The van der Waals surface area contributed by atoms with E-state index in [1.165, 1.54) is 12.1 Å². The van der Waals surface area contributed by atoms with Crippen molar-refractivity contribution in [3.05, 3.63) is 59.9 Å². The minimum atomic E-state index is -0.510. The molecule has 2 atom stereocenters. The Hall–Kier alpha value is -2.11. The van der Waals surface area contributed by atoms with E-state index in [4.69, 9.17) is 10.5 Å².